The van der Waals surface area contributed by atoms with Crippen LogP contribution in [0.1, 0.15) is 12.5 Å². The van der Waals surface area contributed by atoms with Crippen molar-refractivity contribution in [2.24, 2.45) is 4.99 Å². The minimum Gasteiger partial charge on any atom is -0.357 e. The van der Waals surface area contributed by atoms with Gasteiger partial charge in [0.25, 0.3) is 0 Å². The molecule has 2 rings (SSSR count). The van der Waals surface area contributed by atoms with E-state index in [-0.39, 0.29) is 29.8 Å². The van der Waals surface area contributed by atoms with E-state index in [2.05, 4.69) is 15.3 Å². The number of hydrogen-bond donors (Lipinski definition) is 1. The Bertz CT molecular complexity index is 600. The van der Waals surface area contributed by atoms with Crippen molar-refractivity contribution in [1.82, 2.24) is 19.8 Å². The summed E-state index contributed by atoms with van der Waals surface area (Å²) in [5, 5.41) is 3.25. The fourth-order valence-corrected chi connectivity index (χ4v) is 2.14. The molecule has 1 heterocycles. The molecule has 0 aliphatic heterocycles. The number of rotatable bonds is 6. The first-order chi connectivity index (χ1) is 10.7. The maximum atomic E-state index is 13.3. The predicted molar refractivity (Wildman–Crippen MR) is 101 cm³/mol. The second-order valence-corrected chi connectivity index (χ2v) is 5.02. The summed E-state index contributed by atoms with van der Waals surface area (Å²) in [6, 6.07) is 6.63. The quantitative estimate of drug-likeness (QED) is 0.435. The first-order valence-electron chi connectivity index (χ1n) is 7.38. The van der Waals surface area contributed by atoms with Gasteiger partial charge in [-0.3, -0.25) is 4.99 Å². The molecule has 1 aromatic heterocycles. The van der Waals surface area contributed by atoms with Gasteiger partial charge < -0.3 is 14.8 Å². The van der Waals surface area contributed by atoms with Crippen LogP contribution in [0.4, 0.5) is 4.39 Å². The Labute approximate surface area is 153 Å². The molecule has 0 radical (unpaired) electrons. The summed E-state index contributed by atoms with van der Waals surface area (Å²) in [5.74, 6) is 0.597. The van der Waals surface area contributed by atoms with Gasteiger partial charge in [-0.05, 0) is 24.6 Å². The van der Waals surface area contributed by atoms with Crippen LogP contribution in [0, 0.1) is 5.82 Å². The Hall–Kier alpha value is -1.64. The summed E-state index contributed by atoms with van der Waals surface area (Å²) in [6.45, 7) is 4.86. The van der Waals surface area contributed by atoms with Gasteiger partial charge in [0.2, 0.25) is 0 Å². The van der Waals surface area contributed by atoms with Crippen LogP contribution < -0.4 is 5.32 Å². The average Bonchev–Trinajstić information content (AvgIpc) is 2.99. The van der Waals surface area contributed by atoms with Crippen molar-refractivity contribution >= 4 is 29.9 Å². The Morgan fingerprint density at radius 3 is 2.91 bits per heavy atom. The van der Waals surface area contributed by atoms with Gasteiger partial charge in [-0.2, -0.15) is 0 Å². The zero-order chi connectivity index (χ0) is 15.8. The maximum absolute atomic E-state index is 13.3. The molecule has 23 heavy (non-hydrogen) atoms. The van der Waals surface area contributed by atoms with Crippen molar-refractivity contribution in [3.63, 3.8) is 0 Å². The highest BCUT2D eigenvalue weighted by molar-refractivity contribution is 14.0. The Morgan fingerprint density at radius 2 is 2.26 bits per heavy atom. The molecule has 0 aliphatic rings. The van der Waals surface area contributed by atoms with Crippen LogP contribution >= 0.6 is 24.0 Å². The highest BCUT2D eigenvalue weighted by Gasteiger charge is 2.06. The molecular formula is C16H23FIN5. The molecule has 0 saturated heterocycles. The van der Waals surface area contributed by atoms with E-state index in [4.69, 9.17) is 0 Å². The van der Waals surface area contributed by atoms with Crippen LogP contribution in [0.5, 0.6) is 0 Å². The number of halogens is 2. The smallest absolute Gasteiger partial charge is 0.194 e. The van der Waals surface area contributed by atoms with E-state index in [0.717, 1.165) is 24.6 Å². The number of nitrogens with zero attached hydrogens (tertiary/aromatic N) is 4. The summed E-state index contributed by atoms with van der Waals surface area (Å²) in [4.78, 5) is 10.6. The van der Waals surface area contributed by atoms with Crippen molar-refractivity contribution in [2.75, 3.05) is 20.1 Å². The summed E-state index contributed by atoms with van der Waals surface area (Å²) in [6.07, 6.45) is 5.45. The second-order valence-electron chi connectivity index (χ2n) is 5.02. The lowest BCUT2D eigenvalue weighted by Gasteiger charge is -2.22. The molecule has 0 aliphatic carbocycles. The average molecular weight is 431 g/mol. The molecule has 0 saturated carbocycles. The van der Waals surface area contributed by atoms with Crippen molar-refractivity contribution in [3.05, 3.63) is 54.4 Å². The lowest BCUT2D eigenvalue weighted by atomic mass is 10.2. The van der Waals surface area contributed by atoms with E-state index >= 15 is 0 Å². The van der Waals surface area contributed by atoms with E-state index in [9.17, 15) is 4.39 Å². The molecule has 5 nitrogen and oxygen atoms in total. The Balaban J connectivity index is 0.00000264. The fourth-order valence-electron chi connectivity index (χ4n) is 2.14. The van der Waals surface area contributed by atoms with Crippen LogP contribution in [-0.4, -0.2) is 40.5 Å². The third-order valence-electron chi connectivity index (χ3n) is 3.18. The van der Waals surface area contributed by atoms with Crippen molar-refractivity contribution in [3.8, 4) is 0 Å². The number of benzene rings is 1. The van der Waals surface area contributed by atoms with Gasteiger partial charge in [0.1, 0.15) is 5.82 Å². The first-order valence-corrected chi connectivity index (χ1v) is 7.38. The molecule has 7 heteroatoms. The molecule has 1 N–H and O–H groups in total. The normalized spacial score (nSPS) is 11.0. The largest absolute Gasteiger partial charge is 0.357 e. The molecule has 0 bridgehead atoms. The third kappa shape index (κ3) is 6.55. The van der Waals surface area contributed by atoms with Gasteiger partial charge >= 0.3 is 0 Å². The topological polar surface area (TPSA) is 45.5 Å². The third-order valence-corrected chi connectivity index (χ3v) is 3.18. The molecule has 2 aromatic rings. The number of aromatic nitrogens is 2. The first kappa shape index (κ1) is 19.4. The molecule has 0 atom stereocenters. The highest BCUT2D eigenvalue weighted by atomic mass is 127. The van der Waals surface area contributed by atoms with Gasteiger partial charge in [-0.25, -0.2) is 9.37 Å². The van der Waals surface area contributed by atoms with Crippen LogP contribution in [0.3, 0.4) is 0 Å². The number of guanidine groups is 1. The number of imidazole rings is 1. The predicted octanol–water partition coefficient (Wildman–Crippen LogP) is 2.74. The second kappa shape index (κ2) is 10.2. The van der Waals surface area contributed by atoms with E-state index < -0.39 is 0 Å². The summed E-state index contributed by atoms with van der Waals surface area (Å²) < 4.78 is 15.2. The van der Waals surface area contributed by atoms with Gasteiger partial charge in [-0.15, -0.1) is 24.0 Å². The zero-order valence-corrected chi connectivity index (χ0v) is 15.8. The van der Waals surface area contributed by atoms with Gasteiger partial charge in [0.05, 0.1) is 12.9 Å². The monoisotopic (exact) mass is 431 g/mol. The SMILES string of the molecule is CCNC(=NCCn1ccnc1)N(C)Cc1cccc(F)c1.I. The highest BCUT2D eigenvalue weighted by Crippen LogP contribution is 2.06. The zero-order valence-electron chi connectivity index (χ0n) is 13.4. The molecule has 1 aromatic carbocycles. The van der Waals surface area contributed by atoms with Crippen molar-refractivity contribution in [1.29, 1.82) is 0 Å². The van der Waals surface area contributed by atoms with Gasteiger partial charge in [0.15, 0.2) is 5.96 Å². The standard InChI is InChI=1S/C16H22FN5.HI/c1-3-19-16(20-8-10-22-9-7-18-13-22)21(2)12-14-5-4-6-15(17)11-14;/h4-7,9,11,13H,3,8,10,12H2,1-2H3,(H,19,20);1H. The fraction of sp³-hybridized carbons (Fsp3) is 0.375. The molecule has 0 amide bonds. The van der Waals surface area contributed by atoms with E-state index in [1.165, 1.54) is 6.07 Å². The molecule has 0 spiro atoms. The van der Waals surface area contributed by atoms with Crippen molar-refractivity contribution in [2.45, 2.75) is 20.0 Å². The Morgan fingerprint density at radius 1 is 1.43 bits per heavy atom. The minimum atomic E-state index is -0.215. The maximum Gasteiger partial charge on any atom is 0.194 e. The molecule has 0 unspecified atom stereocenters. The molecular weight excluding hydrogens is 408 g/mol. The van der Waals surface area contributed by atoms with Gasteiger partial charge in [-0.1, -0.05) is 12.1 Å². The van der Waals surface area contributed by atoms with Crippen LogP contribution in [0.2, 0.25) is 0 Å². The van der Waals surface area contributed by atoms with Crippen LogP contribution in [0.15, 0.2) is 48.0 Å². The summed E-state index contributed by atoms with van der Waals surface area (Å²) in [5.41, 5.74) is 0.919. The van der Waals surface area contributed by atoms with E-state index in [1.54, 1.807) is 24.7 Å². The van der Waals surface area contributed by atoms with Crippen LogP contribution in [-0.2, 0) is 13.1 Å². The lowest BCUT2D eigenvalue weighted by molar-refractivity contribution is 0.473. The lowest BCUT2D eigenvalue weighted by Crippen LogP contribution is -2.38. The van der Waals surface area contributed by atoms with E-state index in [1.807, 2.05) is 35.7 Å². The van der Waals surface area contributed by atoms with E-state index in [0.29, 0.717) is 13.1 Å². The molecule has 126 valence electrons. The summed E-state index contributed by atoms with van der Waals surface area (Å²) in [7, 11) is 1.95. The van der Waals surface area contributed by atoms with Crippen LogP contribution in [0.25, 0.3) is 0 Å². The minimum absolute atomic E-state index is 0. The molecule has 0 fully saturated rings. The van der Waals surface area contributed by atoms with Crippen molar-refractivity contribution < 1.29 is 4.39 Å². The number of hydrogen-bond acceptors (Lipinski definition) is 2. The Kier molecular flexibility index (Phi) is 8.60. The number of nitrogens with one attached hydrogen (secondary N) is 1. The summed E-state index contributed by atoms with van der Waals surface area (Å²) >= 11 is 0. The van der Waals surface area contributed by atoms with Gasteiger partial charge in [0, 0.05) is 39.1 Å². The number of aliphatic imine (C=N–C) groups is 1.